The molecule has 0 aliphatic heterocycles. The van der Waals surface area contributed by atoms with Crippen LogP contribution >= 0.6 is 12.4 Å². The average Bonchev–Trinajstić information content (AvgIpc) is 2.46. The Morgan fingerprint density at radius 2 is 1.35 bits per heavy atom. The maximum atomic E-state index is 3.55. The first kappa shape index (κ1) is 19.5. The highest BCUT2D eigenvalue weighted by Gasteiger charge is 1.93. The fourth-order valence-electron chi connectivity index (χ4n) is 2.39. The van der Waals surface area contributed by atoms with Gasteiger partial charge in [-0.1, -0.05) is 82.2 Å². The van der Waals surface area contributed by atoms with Gasteiger partial charge >= 0.3 is 0 Å². The molecule has 20 heavy (non-hydrogen) atoms. The van der Waals surface area contributed by atoms with E-state index < -0.39 is 0 Å². The van der Waals surface area contributed by atoms with Crippen LogP contribution in [0, 0.1) is 0 Å². The summed E-state index contributed by atoms with van der Waals surface area (Å²) in [5.41, 5.74) is 1.44. The lowest BCUT2D eigenvalue weighted by Crippen LogP contribution is -2.18. The minimum atomic E-state index is 0. The molecule has 1 rings (SSSR count). The second kappa shape index (κ2) is 14.9. The summed E-state index contributed by atoms with van der Waals surface area (Å²) < 4.78 is 0. The number of nitrogens with one attached hydrogen (secondary N) is 1. The van der Waals surface area contributed by atoms with Gasteiger partial charge in [0.15, 0.2) is 0 Å². The number of hydrogen-bond acceptors (Lipinski definition) is 1. The molecule has 0 unspecified atom stereocenters. The second-order valence-electron chi connectivity index (χ2n) is 5.46. The van der Waals surface area contributed by atoms with E-state index in [-0.39, 0.29) is 12.4 Å². The summed E-state index contributed by atoms with van der Waals surface area (Å²) in [6.07, 6.45) is 12.4. The van der Waals surface area contributed by atoms with Gasteiger partial charge in [0.1, 0.15) is 0 Å². The van der Waals surface area contributed by atoms with E-state index in [2.05, 4.69) is 42.6 Å². The molecule has 1 nitrogen and oxygen atoms in total. The molecule has 0 saturated carbocycles. The third-order valence-electron chi connectivity index (χ3n) is 3.64. The van der Waals surface area contributed by atoms with Crippen molar-refractivity contribution in [1.82, 2.24) is 5.32 Å². The highest BCUT2D eigenvalue weighted by molar-refractivity contribution is 5.85. The number of rotatable bonds is 12. The van der Waals surface area contributed by atoms with Gasteiger partial charge in [0.2, 0.25) is 0 Å². The molecule has 1 aromatic carbocycles. The minimum Gasteiger partial charge on any atom is -0.316 e. The van der Waals surface area contributed by atoms with Gasteiger partial charge in [-0.05, 0) is 31.5 Å². The van der Waals surface area contributed by atoms with Crippen LogP contribution in [0.3, 0.4) is 0 Å². The molecule has 0 aliphatic carbocycles. The van der Waals surface area contributed by atoms with Gasteiger partial charge in [-0.3, -0.25) is 0 Å². The predicted octanol–water partition coefficient (Wildman–Crippen LogP) is 5.38. The Morgan fingerprint density at radius 3 is 2.00 bits per heavy atom. The highest BCUT2D eigenvalue weighted by atomic mass is 35.5. The molecular formula is C18H32ClN. The highest BCUT2D eigenvalue weighted by Crippen LogP contribution is 2.07. The zero-order chi connectivity index (χ0) is 13.6. The van der Waals surface area contributed by atoms with Gasteiger partial charge in [-0.2, -0.15) is 0 Å². The van der Waals surface area contributed by atoms with Gasteiger partial charge in [-0.15, -0.1) is 12.4 Å². The van der Waals surface area contributed by atoms with Crippen LogP contribution in [0.2, 0.25) is 0 Å². The summed E-state index contributed by atoms with van der Waals surface area (Å²) in [6, 6.07) is 10.7. The van der Waals surface area contributed by atoms with Crippen LogP contribution in [0.5, 0.6) is 0 Å². The molecule has 0 saturated heterocycles. The quantitative estimate of drug-likeness (QED) is 0.511. The maximum absolute atomic E-state index is 3.55. The summed E-state index contributed by atoms with van der Waals surface area (Å²) in [7, 11) is 0. The molecule has 0 spiro atoms. The Morgan fingerprint density at radius 1 is 0.750 bits per heavy atom. The summed E-state index contributed by atoms with van der Waals surface area (Å²) in [6.45, 7) is 4.57. The van der Waals surface area contributed by atoms with Crippen molar-refractivity contribution in [2.24, 2.45) is 0 Å². The van der Waals surface area contributed by atoms with Gasteiger partial charge < -0.3 is 5.32 Å². The van der Waals surface area contributed by atoms with E-state index in [0.717, 1.165) is 13.0 Å². The first-order valence-corrected chi connectivity index (χ1v) is 8.18. The van der Waals surface area contributed by atoms with Crippen LogP contribution in [0.25, 0.3) is 0 Å². The number of unbranched alkanes of at least 4 members (excludes halogenated alkanes) is 7. The summed E-state index contributed by atoms with van der Waals surface area (Å²) >= 11 is 0. The molecule has 0 atom stereocenters. The lowest BCUT2D eigenvalue weighted by atomic mass is 10.1. The van der Waals surface area contributed by atoms with Gasteiger partial charge in [0.25, 0.3) is 0 Å². The van der Waals surface area contributed by atoms with Crippen LogP contribution < -0.4 is 5.32 Å². The summed E-state index contributed by atoms with van der Waals surface area (Å²) in [4.78, 5) is 0. The Hall–Kier alpha value is -0.530. The SMILES string of the molecule is CCCCCCCCCCNCCc1ccccc1.Cl. The van der Waals surface area contributed by atoms with E-state index in [4.69, 9.17) is 0 Å². The third kappa shape index (κ3) is 11.3. The van der Waals surface area contributed by atoms with Crippen molar-refractivity contribution in [2.45, 2.75) is 64.7 Å². The van der Waals surface area contributed by atoms with E-state index in [9.17, 15) is 0 Å². The van der Waals surface area contributed by atoms with Crippen LogP contribution in [-0.4, -0.2) is 13.1 Å². The molecule has 1 aromatic rings. The molecule has 0 heterocycles. The Labute approximate surface area is 132 Å². The predicted molar refractivity (Wildman–Crippen MR) is 92.9 cm³/mol. The first-order chi connectivity index (χ1) is 9.43. The van der Waals surface area contributed by atoms with Crippen molar-refractivity contribution < 1.29 is 0 Å². The molecule has 116 valence electrons. The van der Waals surface area contributed by atoms with Gasteiger partial charge in [0.05, 0.1) is 0 Å². The lowest BCUT2D eigenvalue weighted by molar-refractivity contribution is 0.556. The van der Waals surface area contributed by atoms with Crippen LogP contribution in [0.4, 0.5) is 0 Å². The van der Waals surface area contributed by atoms with Crippen molar-refractivity contribution in [3.05, 3.63) is 35.9 Å². The zero-order valence-corrected chi connectivity index (χ0v) is 13.9. The van der Waals surface area contributed by atoms with E-state index in [0.29, 0.717) is 0 Å². The molecule has 1 N–H and O–H groups in total. The fraction of sp³-hybridized carbons (Fsp3) is 0.667. The maximum Gasteiger partial charge on any atom is -0.000835 e. The smallest absolute Gasteiger partial charge is 0.000835 e. The minimum absolute atomic E-state index is 0. The summed E-state index contributed by atoms with van der Waals surface area (Å²) in [5.74, 6) is 0. The molecule has 0 amide bonds. The van der Waals surface area contributed by atoms with E-state index >= 15 is 0 Å². The monoisotopic (exact) mass is 297 g/mol. The fourth-order valence-corrected chi connectivity index (χ4v) is 2.39. The topological polar surface area (TPSA) is 12.0 Å². The number of halogens is 1. The zero-order valence-electron chi connectivity index (χ0n) is 13.1. The lowest BCUT2D eigenvalue weighted by Gasteiger charge is -2.05. The van der Waals surface area contributed by atoms with Crippen molar-refractivity contribution in [3.8, 4) is 0 Å². The van der Waals surface area contributed by atoms with Crippen molar-refractivity contribution in [2.75, 3.05) is 13.1 Å². The van der Waals surface area contributed by atoms with E-state index in [1.165, 1.54) is 63.5 Å². The standard InChI is InChI=1S/C18H31N.ClH/c1-2-3-4-5-6-7-8-12-16-19-17-15-18-13-10-9-11-14-18;/h9-11,13-14,19H,2-8,12,15-17H2,1H3;1H. The molecule has 0 radical (unpaired) electrons. The van der Waals surface area contributed by atoms with Gasteiger partial charge in [-0.25, -0.2) is 0 Å². The normalized spacial score (nSPS) is 10.2. The Bertz CT molecular complexity index is 287. The Kier molecular flexibility index (Phi) is 14.5. The van der Waals surface area contributed by atoms with Crippen molar-refractivity contribution in [1.29, 1.82) is 0 Å². The van der Waals surface area contributed by atoms with Crippen LogP contribution in [0.1, 0.15) is 63.9 Å². The molecule has 2 heteroatoms. The van der Waals surface area contributed by atoms with Crippen LogP contribution in [0.15, 0.2) is 30.3 Å². The summed E-state index contributed by atoms with van der Waals surface area (Å²) in [5, 5.41) is 3.55. The van der Waals surface area contributed by atoms with Gasteiger partial charge in [0, 0.05) is 0 Å². The molecule has 0 fully saturated rings. The second-order valence-corrected chi connectivity index (χ2v) is 5.46. The number of benzene rings is 1. The van der Waals surface area contributed by atoms with Crippen molar-refractivity contribution in [3.63, 3.8) is 0 Å². The molecule has 0 aliphatic rings. The van der Waals surface area contributed by atoms with E-state index in [1.54, 1.807) is 0 Å². The largest absolute Gasteiger partial charge is 0.316 e. The third-order valence-corrected chi connectivity index (χ3v) is 3.64. The molecule has 0 aromatic heterocycles. The number of hydrogen-bond donors (Lipinski definition) is 1. The van der Waals surface area contributed by atoms with E-state index in [1.807, 2.05) is 0 Å². The first-order valence-electron chi connectivity index (χ1n) is 8.18. The van der Waals surface area contributed by atoms with Crippen molar-refractivity contribution >= 4 is 12.4 Å². The Balaban J connectivity index is 0.00000361. The average molecular weight is 298 g/mol. The van der Waals surface area contributed by atoms with Crippen LogP contribution in [-0.2, 0) is 6.42 Å². The molecular weight excluding hydrogens is 266 g/mol. The molecule has 0 bridgehead atoms.